The maximum Gasteiger partial charge on any atom is 0.249 e. The molecule has 7 heteroatoms. The SMILES string of the molecule is CC1(c2nnc(-c3cccnc3)o2)CN(C(=O)C2CCCC(N)C2)C1. The number of nitrogens with two attached hydrogens (primary N) is 1. The fraction of sp³-hybridized carbons (Fsp3) is 0.556. The predicted molar refractivity (Wildman–Crippen MR) is 91.4 cm³/mol. The lowest BCUT2D eigenvalue weighted by Gasteiger charge is -2.47. The largest absolute Gasteiger partial charge is 0.420 e. The fourth-order valence-corrected chi connectivity index (χ4v) is 3.87. The van der Waals surface area contributed by atoms with Gasteiger partial charge in [0.1, 0.15) is 0 Å². The maximum atomic E-state index is 12.7. The average molecular weight is 341 g/mol. The van der Waals surface area contributed by atoms with E-state index in [4.69, 9.17) is 10.2 Å². The molecule has 1 amide bonds. The zero-order valence-corrected chi connectivity index (χ0v) is 14.4. The molecule has 2 aromatic heterocycles. The van der Waals surface area contributed by atoms with Crippen molar-refractivity contribution in [1.29, 1.82) is 0 Å². The van der Waals surface area contributed by atoms with E-state index in [0.29, 0.717) is 24.9 Å². The Morgan fingerprint density at radius 1 is 1.36 bits per heavy atom. The first kappa shape index (κ1) is 16.2. The van der Waals surface area contributed by atoms with Crippen LogP contribution in [0, 0.1) is 5.92 Å². The van der Waals surface area contributed by atoms with E-state index >= 15 is 0 Å². The Balaban J connectivity index is 1.42. The number of pyridine rings is 1. The van der Waals surface area contributed by atoms with Crippen LogP contribution in [0.4, 0.5) is 0 Å². The zero-order chi connectivity index (χ0) is 17.4. The first-order valence-corrected chi connectivity index (χ1v) is 8.84. The second-order valence-electron chi connectivity index (χ2n) is 7.53. The highest BCUT2D eigenvalue weighted by Gasteiger charge is 2.48. The van der Waals surface area contributed by atoms with Gasteiger partial charge in [0.2, 0.25) is 17.7 Å². The van der Waals surface area contributed by atoms with Crippen LogP contribution in [0.3, 0.4) is 0 Å². The highest BCUT2D eigenvalue weighted by Crippen LogP contribution is 2.37. The first-order valence-electron chi connectivity index (χ1n) is 8.84. The van der Waals surface area contributed by atoms with Gasteiger partial charge in [0.05, 0.1) is 11.0 Å². The van der Waals surface area contributed by atoms with Crippen molar-refractivity contribution in [3.8, 4) is 11.5 Å². The Morgan fingerprint density at radius 2 is 2.20 bits per heavy atom. The molecule has 3 heterocycles. The van der Waals surface area contributed by atoms with E-state index in [0.717, 1.165) is 31.2 Å². The number of carbonyl (C=O) groups excluding carboxylic acids is 1. The second kappa shape index (κ2) is 6.22. The molecule has 1 saturated heterocycles. The number of rotatable bonds is 3. The Bertz CT molecular complexity index is 754. The molecule has 2 N–H and O–H groups in total. The van der Waals surface area contributed by atoms with Crippen molar-refractivity contribution in [3.05, 3.63) is 30.4 Å². The smallest absolute Gasteiger partial charge is 0.249 e. The molecule has 1 aliphatic carbocycles. The van der Waals surface area contributed by atoms with Gasteiger partial charge in [0.25, 0.3) is 0 Å². The lowest BCUT2D eigenvalue weighted by molar-refractivity contribution is -0.145. The third kappa shape index (κ3) is 3.04. The summed E-state index contributed by atoms with van der Waals surface area (Å²) in [5.74, 6) is 1.34. The van der Waals surface area contributed by atoms with Gasteiger partial charge >= 0.3 is 0 Å². The van der Waals surface area contributed by atoms with Crippen molar-refractivity contribution >= 4 is 5.91 Å². The van der Waals surface area contributed by atoms with E-state index in [1.807, 2.05) is 17.0 Å². The third-order valence-corrected chi connectivity index (χ3v) is 5.31. The van der Waals surface area contributed by atoms with E-state index in [1.54, 1.807) is 12.4 Å². The quantitative estimate of drug-likeness (QED) is 0.913. The highest BCUT2D eigenvalue weighted by atomic mass is 16.4. The van der Waals surface area contributed by atoms with Crippen LogP contribution in [0.2, 0.25) is 0 Å². The number of amides is 1. The summed E-state index contributed by atoms with van der Waals surface area (Å²) in [4.78, 5) is 18.6. The van der Waals surface area contributed by atoms with Gasteiger partial charge in [0, 0.05) is 37.4 Å². The normalized spacial score (nSPS) is 25.4. The maximum absolute atomic E-state index is 12.7. The summed E-state index contributed by atoms with van der Waals surface area (Å²) in [7, 11) is 0. The summed E-state index contributed by atoms with van der Waals surface area (Å²) in [5.41, 5.74) is 6.54. The number of hydrogen-bond donors (Lipinski definition) is 1. The molecule has 2 aliphatic rings. The van der Waals surface area contributed by atoms with Crippen molar-refractivity contribution in [3.63, 3.8) is 0 Å². The molecule has 7 nitrogen and oxygen atoms in total. The van der Waals surface area contributed by atoms with Gasteiger partial charge in [-0.05, 0) is 38.3 Å². The molecule has 2 fully saturated rings. The Morgan fingerprint density at radius 3 is 2.92 bits per heavy atom. The minimum atomic E-state index is -0.278. The van der Waals surface area contributed by atoms with Crippen LogP contribution in [0.15, 0.2) is 28.9 Å². The number of aromatic nitrogens is 3. The fourth-order valence-electron chi connectivity index (χ4n) is 3.87. The molecule has 25 heavy (non-hydrogen) atoms. The lowest BCUT2D eigenvalue weighted by atomic mass is 9.79. The molecular weight excluding hydrogens is 318 g/mol. The first-order chi connectivity index (χ1) is 12.0. The number of likely N-dealkylation sites (tertiary alicyclic amines) is 1. The van der Waals surface area contributed by atoms with Gasteiger partial charge < -0.3 is 15.1 Å². The second-order valence-corrected chi connectivity index (χ2v) is 7.53. The third-order valence-electron chi connectivity index (χ3n) is 5.31. The average Bonchev–Trinajstić information content (AvgIpc) is 3.10. The molecule has 4 rings (SSSR count). The van der Waals surface area contributed by atoms with Crippen LogP contribution in [-0.4, -0.2) is 45.1 Å². The molecule has 0 radical (unpaired) electrons. The van der Waals surface area contributed by atoms with Gasteiger partial charge in [-0.25, -0.2) is 0 Å². The summed E-state index contributed by atoms with van der Waals surface area (Å²) in [6, 6.07) is 3.88. The summed E-state index contributed by atoms with van der Waals surface area (Å²) < 4.78 is 5.85. The molecule has 0 spiro atoms. The van der Waals surface area contributed by atoms with Crippen LogP contribution < -0.4 is 5.73 Å². The van der Waals surface area contributed by atoms with Gasteiger partial charge in [-0.1, -0.05) is 6.42 Å². The Labute approximate surface area is 146 Å². The summed E-state index contributed by atoms with van der Waals surface area (Å²) in [6.45, 7) is 3.29. The molecule has 0 aromatic carbocycles. The van der Waals surface area contributed by atoms with E-state index in [9.17, 15) is 4.79 Å². The van der Waals surface area contributed by atoms with Gasteiger partial charge in [0.15, 0.2) is 0 Å². The van der Waals surface area contributed by atoms with E-state index in [-0.39, 0.29) is 23.3 Å². The minimum absolute atomic E-state index is 0.0712. The Kier molecular flexibility index (Phi) is 4.03. The summed E-state index contributed by atoms with van der Waals surface area (Å²) in [5, 5.41) is 8.33. The number of carbonyl (C=O) groups is 1. The van der Waals surface area contributed by atoms with Gasteiger partial charge in [-0.2, -0.15) is 0 Å². The molecule has 1 saturated carbocycles. The van der Waals surface area contributed by atoms with Crippen molar-refractivity contribution in [1.82, 2.24) is 20.1 Å². The van der Waals surface area contributed by atoms with Crippen LogP contribution in [0.1, 0.15) is 38.5 Å². The summed E-state index contributed by atoms with van der Waals surface area (Å²) in [6.07, 6.45) is 7.22. The molecule has 2 unspecified atom stereocenters. The number of hydrogen-bond acceptors (Lipinski definition) is 6. The van der Waals surface area contributed by atoms with Crippen LogP contribution in [0.25, 0.3) is 11.5 Å². The van der Waals surface area contributed by atoms with Crippen molar-refractivity contribution in [2.75, 3.05) is 13.1 Å². The Hall–Kier alpha value is -2.28. The monoisotopic (exact) mass is 341 g/mol. The van der Waals surface area contributed by atoms with Gasteiger partial charge in [-0.3, -0.25) is 9.78 Å². The van der Waals surface area contributed by atoms with Crippen LogP contribution in [0.5, 0.6) is 0 Å². The molecule has 2 aromatic rings. The molecule has 2 atom stereocenters. The van der Waals surface area contributed by atoms with Crippen molar-refractivity contribution < 1.29 is 9.21 Å². The topological polar surface area (TPSA) is 98.1 Å². The number of nitrogens with zero attached hydrogens (tertiary/aromatic N) is 4. The molecule has 132 valence electrons. The summed E-state index contributed by atoms with van der Waals surface area (Å²) >= 11 is 0. The highest BCUT2D eigenvalue weighted by molar-refractivity contribution is 5.80. The standard InChI is InChI=1S/C18H23N5O2/c1-18(17-22-21-15(25-17)13-5-3-7-20-9-13)10-23(11-18)16(24)12-4-2-6-14(19)8-12/h3,5,7,9,12,14H,2,4,6,8,10-11,19H2,1H3. The molecular formula is C18H23N5O2. The zero-order valence-electron chi connectivity index (χ0n) is 14.4. The lowest BCUT2D eigenvalue weighted by Crippen LogP contribution is -2.61. The van der Waals surface area contributed by atoms with Crippen LogP contribution in [-0.2, 0) is 10.2 Å². The van der Waals surface area contributed by atoms with Gasteiger partial charge in [-0.15, -0.1) is 10.2 Å². The van der Waals surface area contributed by atoms with E-state index < -0.39 is 0 Å². The molecule has 0 bridgehead atoms. The van der Waals surface area contributed by atoms with Crippen molar-refractivity contribution in [2.45, 2.75) is 44.1 Å². The molecule has 1 aliphatic heterocycles. The van der Waals surface area contributed by atoms with Crippen LogP contribution >= 0.6 is 0 Å². The van der Waals surface area contributed by atoms with E-state index in [2.05, 4.69) is 22.1 Å². The predicted octanol–water partition coefficient (Wildman–Crippen LogP) is 1.75. The van der Waals surface area contributed by atoms with E-state index in [1.165, 1.54) is 0 Å². The van der Waals surface area contributed by atoms with Crippen molar-refractivity contribution in [2.24, 2.45) is 11.7 Å². The minimum Gasteiger partial charge on any atom is -0.420 e.